The first-order valence-corrected chi connectivity index (χ1v) is 8.10. The second-order valence-corrected chi connectivity index (χ2v) is 6.86. The van der Waals surface area contributed by atoms with Crippen LogP contribution in [-0.4, -0.2) is 18.1 Å². The number of thiazole rings is 1. The third-order valence-electron chi connectivity index (χ3n) is 3.39. The van der Waals surface area contributed by atoms with E-state index < -0.39 is 0 Å². The standard InChI is InChI=1S/C17H24N2OS/c1-11(2)18-16(17-19-12(3)13(4)21-17)15-8-6-7-14(9-15)10-20-5/h6-9,11,16,18H,10H2,1-5H3. The van der Waals surface area contributed by atoms with Gasteiger partial charge >= 0.3 is 0 Å². The summed E-state index contributed by atoms with van der Waals surface area (Å²) in [4.78, 5) is 6.03. The Labute approximate surface area is 131 Å². The molecule has 1 heterocycles. The molecule has 1 N–H and O–H groups in total. The molecule has 0 aliphatic heterocycles. The zero-order valence-electron chi connectivity index (χ0n) is 13.4. The SMILES string of the molecule is COCc1cccc(C(NC(C)C)c2nc(C)c(C)s2)c1. The van der Waals surface area contributed by atoms with Crippen molar-refractivity contribution in [1.82, 2.24) is 10.3 Å². The molecular formula is C17H24N2OS. The molecule has 2 rings (SSSR count). The van der Waals surface area contributed by atoms with E-state index in [0.29, 0.717) is 12.6 Å². The molecule has 0 radical (unpaired) electrons. The molecule has 0 aliphatic carbocycles. The van der Waals surface area contributed by atoms with E-state index in [1.165, 1.54) is 16.0 Å². The second-order valence-electron chi connectivity index (χ2n) is 5.63. The van der Waals surface area contributed by atoms with Crippen LogP contribution >= 0.6 is 11.3 Å². The van der Waals surface area contributed by atoms with E-state index in [9.17, 15) is 0 Å². The molecule has 2 aromatic rings. The summed E-state index contributed by atoms with van der Waals surface area (Å²) in [6.45, 7) is 9.17. The smallest absolute Gasteiger partial charge is 0.115 e. The Balaban J connectivity index is 2.37. The van der Waals surface area contributed by atoms with Gasteiger partial charge < -0.3 is 10.1 Å². The highest BCUT2D eigenvalue weighted by Crippen LogP contribution is 2.29. The number of aryl methyl sites for hydroxylation is 2. The molecule has 0 saturated carbocycles. The van der Waals surface area contributed by atoms with Crippen LogP contribution in [-0.2, 0) is 11.3 Å². The number of nitrogens with one attached hydrogen (secondary N) is 1. The van der Waals surface area contributed by atoms with Crippen molar-refractivity contribution in [2.24, 2.45) is 0 Å². The molecule has 4 heteroatoms. The van der Waals surface area contributed by atoms with Gasteiger partial charge in [0.25, 0.3) is 0 Å². The molecule has 0 amide bonds. The number of aromatic nitrogens is 1. The molecule has 0 aliphatic rings. The predicted octanol–water partition coefficient (Wildman–Crippen LogP) is 3.99. The lowest BCUT2D eigenvalue weighted by Gasteiger charge is -2.20. The molecule has 0 spiro atoms. The van der Waals surface area contributed by atoms with E-state index in [1.54, 1.807) is 18.4 Å². The molecule has 21 heavy (non-hydrogen) atoms. The number of methoxy groups -OCH3 is 1. The van der Waals surface area contributed by atoms with Crippen LogP contribution in [0, 0.1) is 13.8 Å². The van der Waals surface area contributed by atoms with Crippen LogP contribution in [0.3, 0.4) is 0 Å². The maximum Gasteiger partial charge on any atom is 0.115 e. The Kier molecular flexibility index (Phi) is 5.51. The van der Waals surface area contributed by atoms with Crippen molar-refractivity contribution in [2.75, 3.05) is 7.11 Å². The van der Waals surface area contributed by atoms with Gasteiger partial charge in [0.2, 0.25) is 0 Å². The summed E-state index contributed by atoms with van der Waals surface area (Å²) in [5, 5.41) is 4.76. The van der Waals surface area contributed by atoms with Crippen LogP contribution in [0.1, 0.15) is 46.6 Å². The first-order chi connectivity index (χ1) is 10.0. The van der Waals surface area contributed by atoms with Gasteiger partial charge in [0, 0.05) is 18.0 Å². The van der Waals surface area contributed by atoms with Gasteiger partial charge in [-0.1, -0.05) is 24.3 Å². The van der Waals surface area contributed by atoms with Gasteiger partial charge in [-0.3, -0.25) is 0 Å². The fourth-order valence-corrected chi connectivity index (χ4v) is 3.31. The highest BCUT2D eigenvalue weighted by Gasteiger charge is 2.19. The summed E-state index contributed by atoms with van der Waals surface area (Å²) in [6.07, 6.45) is 0. The lowest BCUT2D eigenvalue weighted by molar-refractivity contribution is 0.185. The molecule has 1 aromatic heterocycles. The lowest BCUT2D eigenvalue weighted by atomic mass is 10.0. The van der Waals surface area contributed by atoms with E-state index in [2.05, 4.69) is 57.3 Å². The summed E-state index contributed by atoms with van der Waals surface area (Å²) >= 11 is 1.77. The largest absolute Gasteiger partial charge is 0.380 e. The van der Waals surface area contributed by atoms with Crippen LogP contribution in [0.4, 0.5) is 0 Å². The zero-order valence-corrected chi connectivity index (χ0v) is 14.3. The zero-order chi connectivity index (χ0) is 15.4. The van der Waals surface area contributed by atoms with E-state index in [4.69, 9.17) is 9.72 Å². The Morgan fingerprint density at radius 1 is 1.29 bits per heavy atom. The van der Waals surface area contributed by atoms with Crippen molar-refractivity contribution < 1.29 is 4.74 Å². The minimum atomic E-state index is 0.138. The van der Waals surface area contributed by atoms with Crippen LogP contribution < -0.4 is 5.32 Å². The molecule has 0 bridgehead atoms. The molecule has 1 atom stereocenters. The van der Waals surface area contributed by atoms with Crippen molar-refractivity contribution in [3.63, 3.8) is 0 Å². The monoisotopic (exact) mass is 304 g/mol. The lowest BCUT2D eigenvalue weighted by Crippen LogP contribution is -2.29. The van der Waals surface area contributed by atoms with E-state index in [0.717, 1.165) is 10.7 Å². The van der Waals surface area contributed by atoms with Gasteiger partial charge in [-0.2, -0.15) is 0 Å². The predicted molar refractivity (Wildman–Crippen MR) is 88.9 cm³/mol. The summed E-state index contributed by atoms with van der Waals surface area (Å²) in [7, 11) is 1.73. The summed E-state index contributed by atoms with van der Waals surface area (Å²) in [5.74, 6) is 0. The summed E-state index contributed by atoms with van der Waals surface area (Å²) in [6, 6.07) is 9.08. The minimum absolute atomic E-state index is 0.138. The van der Waals surface area contributed by atoms with Crippen molar-refractivity contribution in [1.29, 1.82) is 0 Å². The number of hydrogen-bond donors (Lipinski definition) is 1. The average molecular weight is 304 g/mol. The molecule has 0 fully saturated rings. The first kappa shape index (κ1) is 16.1. The van der Waals surface area contributed by atoms with Crippen molar-refractivity contribution in [3.8, 4) is 0 Å². The molecule has 114 valence electrons. The van der Waals surface area contributed by atoms with Gasteiger partial charge in [0.05, 0.1) is 18.3 Å². The fourth-order valence-electron chi connectivity index (χ4n) is 2.29. The third kappa shape index (κ3) is 4.13. The molecule has 0 saturated heterocycles. The quantitative estimate of drug-likeness (QED) is 0.876. The summed E-state index contributed by atoms with van der Waals surface area (Å²) < 4.78 is 5.24. The maximum atomic E-state index is 5.24. The number of nitrogens with zero attached hydrogens (tertiary/aromatic N) is 1. The molecule has 1 unspecified atom stereocenters. The van der Waals surface area contributed by atoms with Crippen molar-refractivity contribution >= 4 is 11.3 Å². The number of ether oxygens (including phenoxy) is 1. The average Bonchev–Trinajstić information content (AvgIpc) is 2.76. The third-order valence-corrected chi connectivity index (χ3v) is 4.53. The van der Waals surface area contributed by atoms with Crippen LogP contribution in [0.15, 0.2) is 24.3 Å². The topological polar surface area (TPSA) is 34.1 Å². The van der Waals surface area contributed by atoms with Gasteiger partial charge in [-0.15, -0.1) is 11.3 Å². The van der Waals surface area contributed by atoms with Gasteiger partial charge in [0.1, 0.15) is 5.01 Å². The number of hydrogen-bond acceptors (Lipinski definition) is 4. The van der Waals surface area contributed by atoms with Gasteiger partial charge in [-0.05, 0) is 38.8 Å². The van der Waals surface area contributed by atoms with Crippen LogP contribution in [0.5, 0.6) is 0 Å². The Bertz CT molecular complexity index is 573. The number of benzene rings is 1. The Morgan fingerprint density at radius 2 is 2.05 bits per heavy atom. The van der Waals surface area contributed by atoms with Gasteiger partial charge in [0.15, 0.2) is 0 Å². The molecular weight excluding hydrogens is 280 g/mol. The first-order valence-electron chi connectivity index (χ1n) is 7.29. The highest BCUT2D eigenvalue weighted by molar-refractivity contribution is 7.11. The maximum absolute atomic E-state index is 5.24. The van der Waals surface area contributed by atoms with Crippen LogP contribution in [0.25, 0.3) is 0 Å². The van der Waals surface area contributed by atoms with E-state index in [1.807, 2.05) is 0 Å². The second kappa shape index (κ2) is 7.16. The summed E-state index contributed by atoms with van der Waals surface area (Å²) in [5.41, 5.74) is 3.56. The van der Waals surface area contributed by atoms with E-state index >= 15 is 0 Å². The van der Waals surface area contributed by atoms with Crippen molar-refractivity contribution in [2.45, 2.75) is 46.4 Å². The number of rotatable bonds is 6. The Morgan fingerprint density at radius 3 is 2.62 bits per heavy atom. The fraction of sp³-hybridized carbons (Fsp3) is 0.471. The van der Waals surface area contributed by atoms with Gasteiger partial charge in [-0.25, -0.2) is 4.98 Å². The van der Waals surface area contributed by atoms with E-state index in [-0.39, 0.29) is 6.04 Å². The van der Waals surface area contributed by atoms with Crippen LogP contribution in [0.2, 0.25) is 0 Å². The Hall–Kier alpha value is -1.23. The molecule has 1 aromatic carbocycles. The highest BCUT2D eigenvalue weighted by atomic mass is 32.1. The normalized spacial score (nSPS) is 12.9. The minimum Gasteiger partial charge on any atom is -0.380 e. The van der Waals surface area contributed by atoms with Crippen molar-refractivity contribution in [3.05, 3.63) is 51.0 Å². The molecule has 3 nitrogen and oxygen atoms in total.